The summed E-state index contributed by atoms with van der Waals surface area (Å²) in [5.41, 5.74) is 4.33. The summed E-state index contributed by atoms with van der Waals surface area (Å²) in [6, 6.07) is 12.0. The summed E-state index contributed by atoms with van der Waals surface area (Å²) in [6.45, 7) is 4.53. The smallest absolute Gasteiger partial charge is 0.167 e. The van der Waals surface area contributed by atoms with Crippen LogP contribution in [0.25, 0.3) is 11.3 Å². The molecule has 0 bridgehead atoms. The van der Waals surface area contributed by atoms with Crippen molar-refractivity contribution in [1.82, 2.24) is 20.4 Å². The highest BCUT2D eigenvalue weighted by Crippen LogP contribution is 2.25. The summed E-state index contributed by atoms with van der Waals surface area (Å²) in [6.07, 6.45) is 1.89. The van der Waals surface area contributed by atoms with Gasteiger partial charge in [0, 0.05) is 37.2 Å². The minimum atomic E-state index is 0. The molecule has 0 saturated heterocycles. The number of aryl methyl sites for hydroxylation is 1. The normalized spacial score (nSPS) is 12.9. The van der Waals surface area contributed by atoms with E-state index in [4.69, 9.17) is 9.51 Å². The monoisotopic (exact) mass is 421 g/mol. The summed E-state index contributed by atoms with van der Waals surface area (Å²) in [5.74, 6) is 2.61. The number of nitrogens with one attached hydrogen (secondary N) is 1. The van der Waals surface area contributed by atoms with Crippen LogP contribution in [0, 0.1) is 6.92 Å². The number of benzene rings is 1. The number of anilines is 1. The van der Waals surface area contributed by atoms with E-state index in [2.05, 4.69) is 27.4 Å². The molecule has 0 fully saturated rings. The lowest BCUT2D eigenvalue weighted by atomic mass is 10.1. The molecule has 0 aliphatic carbocycles. The minimum absolute atomic E-state index is 0. The van der Waals surface area contributed by atoms with Gasteiger partial charge in [0.15, 0.2) is 5.76 Å². The van der Waals surface area contributed by atoms with Crippen molar-refractivity contribution in [3.63, 3.8) is 0 Å². The van der Waals surface area contributed by atoms with E-state index in [1.165, 1.54) is 5.56 Å². The highest BCUT2D eigenvalue weighted by atomic mass is 35.5. The van der Waals surface area contributed by atoms with E-state index < -0.39 is 0 Å². The Labute approximate surface area is 177 Å². The highest BCUT2D eigenvalue weighted by molar-refractivity contribution is 5.85. The lowest BCUT2D eigenvalue weighted by molar-refractivity contribution is 0.423. The molecule has 6 nitrogen and oxygen atoms in total. The number of nitrogens with zero attached hydrogens (tertiary/aromatic N) is 4. The van der Waals surface area contributed by atoms with Crippen molar-refractivity contribution in [3.05, 3.63) is 59.2 Å². The third-order valence-corrected chi connectivity index (χ3v) is 4.65. The molecule has 1 aliphatic rings. The molecule has 0 saturated carbocycles. The summed E-state index contributed by atoms with van der Waals surface area (Å²) < 4.78 is 5.52. The lowest BCUT2D eigenvalue weighted by Crippen LogP contribution is -2.22. The molecule has 4 rings (SSSR count). The molecule has 28 heavy (non-hydrogen) atoms. The Morgan fingerprint density at radius 3 is 2.61 bits per heavy atom. The van der Waals surface area contributed by atoms with Crippen molar-refractivity contribution in [2.75, 3.05) is 25.0 Å². The van der Waals surface area contributed by atoms with E-state index in [1.54, 1.807) is 0 Å². The van der Waals surface area contributed by atoms with Crippen LogP contribution in [-0.2, 0) is 19.4 Å². The van der Waals surface area contributed by atoms with Gasteiger partial charge in [-0.1, -0.05) is 35.5 Å². The van der Waals surface area contributed by atoms with Crippen molar-refractivity contribution < 1.29 is 4.52 Å². The second kappa shape index (κ2) is 9.87. The van der Waals surface area contributed by atoms with E-state index in [0.717, 1.165) is 60.3 Å². The Morgan fingerprint density at radius 1 is 1.07 bits per heavy atom. The van der Waals surface area contributed by atoms with E-state index in [-0.39, 0.29) is 24.8 Å². The fraction of sp³-hybridized carbons (Fsp3) is 0.350. The van der Waals surface area contributed by atoms with Gasteiger partial charge >= 0.3 is 0 Å². The van der Waals surface area contributed by atoms with Gasteiger partial charge in [-0.2, -0.15) is 0 Å². The predicted molar refractivity (Wildman–Crippen MR) is 116 cm³/mol. The average molecular weight is 422 g/mol. The summed E-state index contributed by atoms with van der Waals surface area (Å²) in [5, 5.41) is 7.68. The SMILES string of the molecule is Cc1nc2c(c(N(C)Cc3cc(-c4ccccc4)on3)n1)CCNCC2.Cl.Cl. The maximum atomic E-state index is 5.52. The van der Waals surface area contributed by atoms with Gasteiger partial charge in [-0.05, 0) is 19.9 Å². The Kier molecular flexibility index (Phi) is 7.80. The van der Waals surface area contributed by atoms with Crippen molar-refractivity contribution >= 4 is 30.6 Å². The molecule has 1 aromatic carbocycles. The van der Waals surface area contributed by atoms with Gasteiger partial charge in [0.1, 0.15) is 17.3 Å². The standard InChI is InChI=1S/C20H23N5O.2ClH/c1-14-22-18-9-11-21-10-8-17(18)20(23-14)25(2)13-16-12-19(26-24-16)15-6-4-3-5-7-15;;/h3-7,12,21H,8-11,13H2,1-2H3;2*1H. The zero-order valence-corrected chi connectivity index (χ0v) is 17.6. The second-order valence-corrected chi connectivity index (χ2v) is 6.67. The number of halogens is 2. The average Bonchev–Trinajstić information content (AvgIpc) is 2.99. The van der Waals surface area contributed by atoms with Crippen LogP contribution in [0.2, 0.25) is 0 Å². The van der Waals surface area contributed by atoms with E-state index >= 15 is 0 Å². The van der Waals surface area contributed by atoms with Crippen LogP contribution >= 0.6 is 24.8 Å². The molecule has 2 aromatic heterocycles. The number of aromatic nitrogens is 3. The first-order valence-electron chi connectivity index (χ1n) is 9.00. The minimum Gasteiger partial charge on any atom is -0.356 e. The molecule has 1 aliphatic heterocycles. The van der Waals surface area contributed by atoms with Crippen molar-refractivity contribution in [3.8, 4) is 11.3 Å². The fourth-order valence-corrected chi connectivity index (χ4v) is 3.40. The summed E-state index contributed by atoms with van der Waals surface area (Å²) >= 11 is 0. The summed E-state index contributed by atoms with van der Waals surface area (Å²) in [7, 11) is 2.05. The van der Waals surface area contributed by atoms with Crippen molar-refractivity contribution in [2.45, 2.75) is 26.3 Å². The molecule has 150 valence electrons. The first-order valence-corrected chi connectivity index (χ1v) is 9.00. The zero-order valence-electron chi connectivity index (χ0n) is 16.0. The van der Waals surface area contributed by atoms with Gasteiger partial charge in [-0.3, -0.25) is 0 Å². The Hall–Kier alpha value is -2.15. The molecule has 0 atom stereocenters. The molecule has 0 radical (unpaired) electrons. The van der Waals surface area contributed by atoms with Crippen LogP contribution in [0.3, 0.4) is 0 Å². The molecule has 8 heteroatoms. The van der Waals surface area contributed by atoms with E-state index in [9.17, 15) is 0 Å². The molecular formula is C20H25Cl2N5O. The molecule has 3 heterocycles. The van der Waals surface area contributed by atoms with Gasteiger partial charge in [0.05, 0.1) is 12.2 Å². The third-order valence-electron chi connectivity index (χ3n) is 4.65. The van der Waals surface area contributed by atoms with Gasteiger partial charge in [-0.15, -0.1) is 24.8 Å². The van der Waals surface area contributed by atoms with Crippen molar-refractivity contribution in [1.29, 1.82) is 0 Å². The van der Waals surface area contributed by atoms with Crippen LogP contribution in [0.4, 0.5) is 5.82 Å². The lowest BCUT2D eigenvalue weighted by Gasteiger charge is -2.21. The number of fused-ring (bicyclic) bond motifs is 1. The molecule has 0 unspecified atom stereocenters. The number of rotatable bonds is 4. The predicted octanol–water partition coefficient (Wildman–Crippen LogP) is 3.61. The largest absolute Gasteiger partial charge is 0.356 e. The van der Waals surface area contributed by atoms with Gasteiger partial charge < -0.3 is 14.7 Å². The Bertz CT molecular complexity index is 901. The molecule has 0 amide bonds. The van der Waals surface area contributed by atoms with Crippen molar-refractivity contribution in [2.24, 2.45) is 0 Å². The van der Waals surface area contributed by atoms with Crippen LogP contribution in [-0.4, -0.2) is 35.3 Å². The quantitative estimate of drug-likeness (QED) is 0.693. The maximum Gasteiger partial charge on any atom is 0.167 e. The topological polar surface area (TPSA) is 67.1 Å². The zero-order chi connectivity index (χ0) is 17.9. The second-order valence-electron chi connectivity index (χ2n) is 6.67. The molecule has 1 N–H and O–H groups in total. The Morgan fingerprint density at radius 2 is 1.82 bits per heavy atom. The molecular weight excluding hydrogens is 397 g/mol. The van der Waals surface area contributed by atoms with Gasteiger partial charge in [-0.25, -0.2) is 9.97 Å². The van der Waals surface area contributed by atoms with E-state index in [0.29, 0.717) is 6.54 Å². The van der Waals surface area contributed by atoms with Gasteiger partial charge in [0.25, 0.3) is 0 Å². The van der Waals surface area contributed by atoms with Crippen LogP contribution in [0.1, 0.15) is 22.8 Å². The van der Waals surface area contributed by atoms with Crippen LogP contribution in [0.15, 0.2) is 40.9 Å². The molecule has 3 aromatic rings. The first-order chi connectivity index (χ1) is 12.7. The Balaban J connectivity index is 0.00000140. The molecule has 0 spiro atoms. The van der Waals surface area contributed by atoms with Crippen LogP contribution < -0.4 is 10.2 Å². The number of hydrogen-bond donors (Lipinski definition) is 1. The highest BCUT2D eigenvalue weighted by Gasteiger charge is 2.19. The van der Waals surface area contributed by atoms with E-state index in [1.807, 2.05) is 43.3 Å². The van der Waals surface area contributed by atoms with Gasteiger partial charge in [0.2, 0.25) is 0 Å². The summed E-state index contributed by atoms with van der Waals surface area (Å²) in [4.78, 5) is 11.5. The fourth-order valence-electron chi connectivity index (χ4n) is 3.40. The number of hydrogen-bond acceptors (Lipinski definition) is 6. The first kappa shape index (κ1) is 22.1. The van der Waals surface area contributed by atoms with Crippen LogP contribution in [0.5, 0.6) is 0 Å². The maximum absolute atomic E-state index is 5.52. The third kappa shape index (κ3) is 4.82.